The molecule has 3 nitrogen and oxygen atoms in total. The minimum absolute atomic E-state index is 0.381. The van der Waals surface area contributed by atoms with Crippen molar-refractivity contribution >= 4 is 0 Å². The molecule has 1 saturated heterocycles. The molecule has 1 rings (SSSR count). The summed E-state index contributed by atoms with van der Waals surface area (Å²) in [6.45, 7) is 3.45. The second kappa shape index (κ2) is 7.67. The van der Waals surface area contributed by atoms with Gasteiger partial charge in [-0.25, -0.2) is 0 Å². The Bertz CT molecular complexity index is 198. The number of nitriles is 1. The maximum absolute atomic E-state index is 8.41. The van der Waals surface area contributed by atoms with E-state index in [1.54, 1.807) is 0 Å². The average Bonchev–Trinajstić information content (AvgIpc) is 2.43. The van der Waals surface area contributed by atoms with E-state index in [4.69, 9.17) is 11.0 Å². The first-order valence-corrected chi connectivity index (χ1v) is 6.18. The van der Waals surface area contributed by atoms with Gasteiger partial charge < -0.3 is 10.6 Å². The molecule has 1 aliphatic rings. The Labute approximate surface area is 93.2 Å². The van der Waals surface area contributed by atoms with E-state index in [1.165, 1.54) is 45.2 Å². The van der Waals surface area contributed by atoms with Crippen LogP contribution in [0, 0.1) is 11.3 Å². The van der Waals surface area contributed by atoms with Crippen molar-refractivity contribution < 1.29 is 0 Å². The quantitative estimate of drug-likeness (QED) is 0.703. The molecule has 1 fully saturated rings. The van der Waals surface area contributed by atoms with Gasteiger partial charge in [-0.15, -0.1) is 0 Å². The zero-order chi connectivity index (χ0) is 10.9. The zero-order valence-corrected chi connectivity index (χ0v) is 9.62. The molecule has 0 radical (unpaired) electrons. The molecule has 1 atom stereocenters. The van der Waals surface area contributed by atoms with E-state index >= 15 is 0 Å². The molecule has 1 heterocycles. The van der Waals surface area contributed by atoms with E-state index < -0.39 is 0 Å². The molecular formula is C12H23N3. The van der Waals surface area contributed by atoms with Gasteiger partial charge in [-0.2, -0.15) is 5.26 Å². The molecule has 0 aromatic rings. The number of likely N-dealkylation sites (tertiary alicyclic amines) is 1. The van der Waals surface area contributed by atoms with Crippen molar-refractivity contribution in [2.75, 3.05) is 19.6 Å². The number of unbranched alkanes of at least 4 members (excludes halogenated alkanes) is 3. The Morgan fingerprint density at radius 3 is 2.93 bits per heavy atom. The van der Waals surface area contributed by atoms with Crippen LogP contribution in [0.3, 0.4) is 0 Å². The summed E-state index contributed by atoms with van der Waals surface area (Å²) in [5.41, 5.74) is 5.99. The van der Waals surface area contributed by atoms with Gasteiger partial charge in [-0.05, 0) is 38.8 Å². The lowest BCUT2D eigenvalue weighted by Crippen LogP contribution is -2.36. The summed E-state index contributed by atoms with van der Waals surface area (Å²) in [6, 6.07) is 2.57. The highest BCUT2D eigenvalue weighted by Crippen LogP contribution is 2.10. The third-order valence-corrected chi connectivity index (χ3v) is 3.05. The molecule has 0 saturated carbocycles. The maximum Gasteiger partial charge on any atom is 0.0621 e. The first-order valence-electron chi connectivity index (χ1n) is 6.18. The summed E-state index contributed by atoms with van der Waals surface area (Å²) in [5, 5.41) is 8.41. The van der Waals surface area contributed by atoms with E-state index in [1.807, 2.05) is 0 Å². The van der Waals surface area contributed by atoms with Gasteiger partial charge in [-0.3, -0.25) is 0 Å². The number of hydrogen-bond acceptors (Lipinski definition) is 3. The lowest BCUT2D eigenvalue weighted by atomic mass is 10.1. The highest BCUT2D eigenvalue weighted by atomic mass is 15.1. The summed E-state index contributed by atoms with van der Waals surface area (Å²) >= 11 is 0. The second-order valence-electron chi connectivity index (χ2n) is 4.53. The smallest absolute Gasteiger partial charge is 0.0621 e. The fourth-order valence-electron chi connectivity index (χ4n) is 2.18. The van der Waals surface area contributed by atoms with Crippen LogP contribution >= 0.6 is 0 Å². The standard InChI is InChI=1S/C12H23N3/c13-8-4-1-2-5-9-15-10-6-3-7-12(14)11-15/h12H,1-7,9-11,14H2. The first kappa shape index (κ1) is 12.5. The summed E-state index contributed by atoms with van der Waals surface area (Å²) in [4.78, 5) is 2.49. The van der Waals surface area contributed by atoms with Crippen molar-refractivity contribution in [3.8, 4) is 6.07 Å². The lowest BCUT2D eigenvalue weighted by molar-refractivity contribution is 0.267. The van der Waals surface area contributed by atoms with Gasteiger partial charge in [0, 0.05) is 19.0 Å². The van der Waals surface area contributed by atoms with Gasteiger partial charge in [0.15, 0.2) is 0 Å². The van der Waals surface area contributed by atoms with Crippen molar-refractivity contribution in [1.82, 2.24) is 4.90 Å². The normalized spacial score (nSPS) is 23.3. The van der Waals surface area contributed by atoms with Crippen LogP contribution in [0.5, 0.6) is 0 Å². The number of nitrogens with zero attached hydrogens (tertiary/aromatic N) is 2. The van der Waals surface area contributed by atoms with E-state index in [9.17, 15) is 0 Å². The Hall–Kier alpha value is -0.590. The molecule has 1 unspecified atom stereocenters. The van der Waals surface area contributed by atoms with E-state index in [-0.39, 0.29) is 0 Å². The number of rotatable bonds is 5. The molecule has 0 bridgehead atoms. The van der Waals surface area contributed by atoms with Crippen molar-refractivity contribution in [1.29, 1.82) is 5.26 Å². The largest absolute Gasteiger partial charge is 0.327 e. The Morgan fingerprint density at radius 2 is 2.13 bits per heavy atom. The molecule has 0 aromatic carbocycles. The summed E-state index contributed by atoms with van der Waals surface area (Å²) in [5.74, 6) is 0. The summed E-state index contributed by atoms with van der Waals surface area (Å²) in [6.07, 6.45) is 7.92. The highest BCUT2D eigenvalue weighted by molar-refractivity contribution is 4.73. The van der Waals surface area contributed by atoms with Crippen molar-refractivity contribution in [3.63, 3.8) is 0 Å². The van der Waals surface area contributed by atoms with Gasteiger partial charge in [0.25, 0.3) is 0 Å². The fourth-order valence-corrected chi connectivity index (χ4v) is 2.18. The van der Waals surface area contributed by atoms with Crippen molar-refractivity contribution in [2.24, 2.45) is 5.73 Å². The monoisotopic (exact) mass is 209 g/mol. The average molecular weight is 209 g/mol. The number of nitrogens with two attached hydrogens (primary N) is 1. The van der Waals surface area contributed by atoms with Gasteiger partial charge in [-0.1, -0.05) is 12.8 Å². The third-order valence-electron chi connectivity index (χ3n) is 3.05. The van der Waals surface area contributed by atoms with Crippen molar-refractivity contribution in [2.45, 2.75) is 51.0 Å². The van der Waals surface area contributed by atoms with E-state index in [0.29, 0.717) is 12.5 Å². The second-order valence-corrected chi connectivity index (χ2v) is 4.53. The van der Waals surface area contributed by atoms with Gasteiger partial charge >= 0.3 is 0 Å². The van der Waals surface area contributed by atoms with Crippen LogP contribution in [0.2, 0.25) is 0 Å². The Morgan fingerprint density at radius 1 is 1.27 bits per heavy atom. The molecule has 0 amide bonds. The van der Waals surface area contributed by atoms with Gasteiger partial charge in [0.1, 0.15) is 0 Å². The molecular weight excluding hydrogens is 186 g/mol. The Balaban J connectivity index is 2.06. The SMILES string of the molecule is N#CCCCCCN1CCCCC(N)C1. The first-order chi connectivity index (χ1) is 7.33. The van der Waals surface area contributed by atoms with E-state index in [0.717, 1.165) is 13.0 Å². The molecule has 0 spiro atoms. The lowest BCUT2D eigenvalue weighted by Gasteiger charge is -2.21. The Kier molecular flexibility index (Phi) is 6.38. The fraction of sp³-hybridized carbons (Fsp3) is 0.917. The van der Waals surface area contributed by atoms with Crippen LogP contribution in [0.4, 0.5) is 0 Å². The van der Waals surface area contributed by atoms with Crippen LogP contribution in [0.1, 0.15) is 44.9 Å². The minimum atomic E-state index is 0.381. The zero-order valence-electron chi connectivity index (χ0n) is 9.62. The predicted molar refractivity (Wildman–Crippen MR) is 62.3 cm³/mol. The van der Waals surface area contributed by atoms with Crippen LogP contribution in [-0.4, -0.2) is 30.6 Å². The number of hydrogen-bond donors (Lipinski definition) is 1. The molecule has 2 N–H and O–H groups in total. The molecule has 15 heavy (non-hydrogen) atoms. The molecule has 3 heteroatoms. The van der Waals surface area contributed by atoms with Crippen LogP contribution in [0.25, 0.3) is 0 Å². The van der Waals surface area contributed by atoms with Crippen LogP contribution in [-0.2, 0) is 0 Å². The molecule has 0 aromatic heterocycles. The highest BCUT2D eigenvalue weighted by Gasteiger charge is 2.13. The molecule has 0 aliphatic carbocycles. The topological polar surface area (TPSA) is 53.0 Å². The van der Waals surface area contributed by atoms with Crippen molar-refractivity contribution in [3.05, 3.63) is 0 Å². The van der Waals surface area contributed by atoms with Gasteiger partial charge in [0.05, 0.1) is 6.07 Å². The molecule has 1 aliphatic heterocycles. The minimum Gasteiger partial charge on any atom is -0.327 e. The summed E-state index contributed by atoms with van der Waals surface area (Å²) < 4.78 is 0. The van der Waals surface area contributed by atoms with Gasteiger partial charge in [0.2, 0.25) is 0 Å². The van der Waals surface area contributed by atoms with Crippen LogP contribution < -0.4 is 5.73 Å². The molecule has 86 valence electrons. The third kappa shape index (κ3) is 5.76. The summed E-state index contributed by atoms with van der Waals surface area (Å²) in [7, 11) is 0. The van der Waals surface area contributed by atoms with Crippen LogP contribution in [0.15, 0.2) is 0 Å². The predicted octanol–water partition coefficient (Wildman–Crippen LogP) is 1.88. The van der Waals surface area contributed by atoms with E-state index in [2.05, 4.69) is 11.0 Å². The maximum atomic E-state index is 8.41.